The highest BCUT2D eigenvalue weighted by Crippen LogP contribution is 2.27. The van der Waals surface area contributed by atoms with Gasteiger partial charge in [-0.3, -0.25) is 4.79 Å². The highest BCUT2D eigenvalue weighted by atomic mass is 32.2. The van der Waals surface area contributed by atoms with Gasteiger partial charge in [0, 0.05) is 11.6 Å². The van der Waals surface area contributed by atoms with Crippen molar-refractivity contribution >= 4 is 40.1 Å². The van der Waals surface area contributed by atoms with Crippen LogP contribution in [0.1, 0.15) is 16.2 Å². The third-order valence-electron chi connectivity index (χ3n) is 4.68. The Morgan fingerprint density at radius 3 is 2.34 bits per heavy atom. The van der Waals surface area contributed by atoms with Gasteiger partial charge in [0.2, 0.25) is 5.78 Å². The molecule has 0 fully saturated rings. The Kier molecular flexibility index (Phi) is 4.55. The molecule has 4 aromatic rings. The van der Waals surface area contributed by atoms with E-state index in [1.54, 1.807) is 36.4 Å². The Morgan fingerprint density at radius 2 is 1.72 bits per heavy atom. The van der Waals surface area contributed by atoms with Crippen LogP contribution in [0.25, 0.3) is 11.0 Å². The number of hydrogen-bond donors (Lipinski definition) is 0. The fraction of sp³-hybridized carbons (Fsp3) is 0.143. The molecule has 0 unspecified atom stereocenters. The van der Waals surface area contributed by atoms with Gasteiger partial charge < -0.3 is 4.42 Å². The standard InChI is InChI=1S/C21H20N2O4SSi/c1-29(2,3)20-16-11-7-13-22-21(16)23(18(20)19(24)17-12-8-14-27-17)28(25,26)15-9-5-4-6-10-15/h4-14H,1-3H3. The summed E-state index contributed by atoms with van der Waals surface area (Å²) in [5, 5.41) is 1.43. The summed E-state index contributed by atoms with van der Waals surface area (Å²) in [7, 11) is -6.22. The molecule has 0 N–H and O–H groups in total. The van der Waals surface area contributed by atoms with Crippen LogP contribution >= 0.6 is 0 Å². The maximum atomic E-state index is 13.6. The summed E-state index contributed by atoms with van der Waals surface area (Å²) >= 11 is 0. The number of fused-ring (bicyclic) bond motifs is 1. The van der Waals surface area contributed by atoms with Gasteiger partial charge in [-0.15, -0.1) is 0 Å². The van der Waals surface area contributed by atoms with E-state index in [-0.39, 0.29) is 22.0 Å². The second kappa shape index (κ2) is 6.82. The zero-order valence-corrected chi connectivity index (χ0v) is 18.1. The SMILES string of the molecule is C[Si](C)(C)c1c(C(=O)c2ccco2)n(S(=O)(=O)c2ccccc2)c2ncccc12. The van der Waals surface area contributed by atoms with Crippen molar-refractivity contribution in [3.63, 3.8) is 0 Å². The van der Waals surface area contributed by atoms with Crippen LogP contribution in [0.2, 0.25) is 19.6 Å². The molecule has 6 nitrogen and oxygen atoms in total. The van der Waals surface area contributed by atoms with Gasteiger partial charge in [0.1, 0.15) is 5.69 Å². The first-order valence-corrected chi connectivity index (χ1v) is 14.1. The van der Waals surface area contributed by atoms with Crippen LogP contribution in [0.3, 0.4) is 0 Å². The number of carbonyl (C=O) groups is 1. The average molecular weight is 425 g/mol. The first kappa shape index (κ1) is 19.3. The average Bonchev–Trinajstić information content (AvgIpc) is 3.34. The Bertz CT molecular complexity index is 1300. The van der Waals surface area contributed by atoms with Crippen molar-refractivity contribution in [1.82, 2.24) is 8.96 Å². The molecular formula is C21H20N2O4SSi. The van der Waals surface area contributed by atoms with Gasteiger partial charge >= 0.3 is 0 Å². The van der Waals surface area contributed by atoms with E-state index in [0.717, 1.165) is 9.16 Å². The van der Waals surface area contributed by atoms with Gasteiger partial charge in [0.05, 0.1) is 19.2 Å². The largest absolute Gasteiger partial charge is 0.461 e. The summed E-state index contributed by atoms with van der Waals surface area (Å²) in [6.45, 7) is 6.23. The van der Waals surface area contributed by atoms with Gasteiger partial charge in [0.25, 0.3) is 10.0 Å². The van der Waals surface area contributed by atoms with Crippen molar-refractivity contribution in [3.05, 3.63) is 78.5 Å². The fourth-order valence-electron chi connectivity index (χ4n) is 3.51. The Labute approximate surface area is 169 Å². The molecule has 0 amide bonds. The first-order chi connectivity index (χ1) is 13.7. The zero-order chi connectivity index (χ0) is 20.8. The lowest BCUT2D eigenvalue weighted by Gasteiger charge is -2.18. The zero-order valence-electron chi connectivity index (χ0n) is 16.3. The van der Waals surface area contributed by atoms with Crippen LogP contribution in [0, 0.1) is 0 Å². The molecule has 0 bridgehead atoms. The van der Waals surface area contributed by atoms with Gasteiger partial charge in [-0.25, -0.2) is 17.4 Å². The van der Waals surface area contributed by atoms with Gasteiger partial charge in [-0.05, 0) is 41.6 Å². The number of nitrogens with zero attached hydrogens (tertiary/aromatic N) is 2. The van der Waals surface area contributed by atoms with Crippen molar-refractivity contribution in [2.45, 2.75) is 24.5 Å². The highest BCUT2D eigenvalue weighted by Gasteiger charge is 2.37. The molecule has 0 saturated heterocycles. The summed E-state index contributed by atoms with van der Waals surface area (Å²) < 4.78 is 33.7. The van der Waals surface area contributed by atoms with Crippen molar-refractivity contribution < 1.29 is 17.6 Å². The highest BCUT2D eigenvalue weighted by molar-refractivity contribution is 7.90. The van der Waals surface area contributed by atoms with E-state index >= 15 is 0 Å². The smallest absolute Gasteiger partial charge is 0.270 e. The number of ketones is 1. The van der Waals surface area contributed by atoms with Crippen molar-refractivity contribution in [1.29, 1.82) is 0 Å². The molecule has 148 valence electrons. The molecule has 0 atom stereocenters. The maximum Gasteiger partial charge on any atom is 0.270 e. The number of pyridine rings is 1. The van der Waals surface area contributed by atoms with E-state index < -0.39 is 23.9 Å². The molecule has 0 spiro atoms. The predicted octanol–water partition coefficient (Wildman–Crippen LogP) is 3.64. The van der Waals surface area contributed by atoms with Crippen LogP contribution in [0.15, 0.2) is 76.4 Å². The molecule has 1 aromatic carbocycles. The molecule has 3 heterocycles. The van der Waals surface area contributed by atoms with E-state index in [2.05, 4.69) is 24.6 Å². The van der Waals surface area contributed by atoms with E-state index in [0.29, 0.717) is 5.39 Å². The van der Waals surface area contributed by atoms with Crippen LogP contribution in [-0.2, 0) is 10.0 Å². The predicted molar refractivity (Wildman–Crippen MR) is 114 cm³/mol. The van der Waals surface area contributed by atoms with Gasteiger partial charge in [-0.2, -0.15) is 0 Å². The van der Waals surface area contributed by atoms with Crippen molar-refractivity contribution in [2.75, 3.05) is 0 Å². The molecule has 3 aromatic heterocycles. The third kappa shape index (κ3) is 3.14. The topological polar surface area (TPSA) is 82.2 Å². The normalized spacial score (nSPS) is 12.4. The van der Waals surface area contributed by atoms with E-state index in [4.69, 9.17) is 4.42 Å². The van der Waals surface area contributed by atoms with E-state index in [9.17, 15) is 13.2 Å². The number of furan rings is 1. The second-order valence-corrected chi connectivity index (χ2v) is 14.5. The summed E-state index contributed by atoms with van der Waals surface area (Å²) in [4.78, 5) is 17.9. The number of aromatic nitrogens is 2. The Morgan fingerprint density at radius 1 is 1.00 bits per heavy atom. The molecule has 0 radical (unpaired) electrons. The minimum atomic E-state index is -4.06. The Balaban J connectivity index is 2.17. The van der Waals surface area contributed by atoms with Gasteiger partial charge in [0.15, 0.2) is 11.4 Å². The molecule has 0 aliphatic heterocycles. The lowest BCUT2D eigenvalue weighted by molar-refractivity contribution is 0.100. The molecule has 0 saturated carbocycles. The quantitative estimate of drug-likeness (QED) is 0.361. The molecule has 4 rings (SSSR count). The fourth-order valence-corrected chi connectivity index (χ4v) is 7.03. The first-order valence-electron chi connectivity index (χ1n) is 9.11. The molecular weight excluding hydrogens is 404 g/mol. The minimum absolute atomic E-state index is 0.0943. The summed E-state index contributed by atoms with van der Waals surface area (Å²) in [6.07, 6.45) is 2.94. The maximum absolute atomic E-state index is 13.6. The summed E-state index contributed by atoms with van der Waals surface area (Å²) in [5.41, 5.74) is 0.361. The van der Waals surface area contributed by atoms with Crippen LogP contribution in [0.5, 0.6) is 0 Å². The van der Waals surface area contributed by atoms with Crippen LogP contribution < -0.4 is 5.19 Å². The van der Waals surface area contributed by atoms with E-state index in [1.807, 2.05) is 6.07 Å². The van der Waals surface area contributed by atoms with Crippen molar-refractivity contribution in [3.8, 4) is 0 Å². The number of hydrogen-bond acceptors (Lipinski definition) is 5. The van der Waals surface area contributed by atoms with E-state index in [1.165, 1.54) is 24.6 Å². The number of carbonyl (C=O) groups excluding carboxylic acids is 1. The molecule has 29 heavy (non-hydrogen) atoms. The van der Waals surface area contributed by atoms with Gasteiger partial charge in [-0.1, -0.05) is 37.8 Å². The molecule has 8 heteroatoms. The lowest BCUT2D eigenvalue weighted by Crippen LogP contribution is -2.42. The summed E-state index contributed by atoms with van der Waals surface area (Å²) in [5.74, 6) is -0.373. The lowest BCUT2D eigenvalue weighted by atomic mass is 10.2. The Hall–Kier alpha value is -2.97. The van der Waals surface area contributed by atoms with Crippen molar-refractivity contribution in [2.24, 2.45) is 0 Å². The monoisotopic (exact) mass is 424 g/mol. The third-order valence-corrected chi connectivity index (χ3v) is 8.39. The molecule has 0 aliphatic rings. The number of benzene rings is 1. The molecule has 0 aliphatic carbocycles. The van der Waals surface area contributed by atoms with Crippen LogP contribution in [-0.4, -0.2) is 31.2 Å². The summed E-state index contributed by atoms with van der Waals surface area (Å²) in [6, 6.07) is 14.8. The number of rotatable bonds is 5. The van der Waals surface area contributed by atoms with Crippen LogP contribution in [0.4, 0.5) is 0 Å². The minimum Gasteiger partial charge on any atom is -0.461 e. The second-order valence-electron chi connectivity index (χ2n) is 7.74.